The first-order chi connectivity index (χ1) is 29.0. The number of fused-ring (bicyclic) bond motifs is 12. The third kappa shape index (κ3) is 4.84. The molecule has 0 radical (unpaired) electrons. The van der Waals surface area contributed by atoms with Crippen LogP contribution in [0.2, 0.25) is 0 Å². The van der Waals surface area contributed by atoms with Crippen molar-refractivity contribution in [2.24, 2.45) is 0 Å². The molecule has 0 spiro atoms. The molecule has 59 heavy (non-hydrogen) atoms. The Bertz CT molecular complexity index is 3410. The molecule has 6 heteroatoms. The zero-order chi connectivity index (χ0) is 39.3. The lowest BCUT2D eigenvalue weighted by molar-refractivity contribution is 0.614. The van der Waals surface area contributed by atoms with Gasteiger partial charge in [0.25, 0.3) is 0 Å². The lowest BCUT2D eigenvalue weighted by Crippen LogP contribution is -2.74. The first-order valence-electron chi connectivity index (χ1n) is 20.2. The predicted octanol–water partition coefficient (Wildman–Crippen LogP) is 10.3. The van der Waals surface area contributed by atoms with Crippen LogP contribution in [-0.2, 0) is 5.41 Å². The molecular weight excluding hydrogens is 753 g/mol. The summed E-state index contributed by atoms with van der Waals surface area (Å²) in [6.07, 6.45) is 5.92. The number of nitrogens with zero attached hydrogens (tertiary/aromatic N) is 4. The third-order valence-electron chi connectivity index (χ3n) is 12.8. The van der Waals surface area contributed by atoms with Gasteiger partial charge in [-0.25, -0.2) is 9.97 Å². The maximum Gasteiger partial charge on any atom is 0.179 e. The first kappa shape index (κ1) is 34.3. The molecule has 0 saturated carbocycles. The smallest absolute Gasteiger partial charge is 0.179 e. The van der Waals surface area contributed by atoms with E-state index in [1.165, 1.54) is 68.7 Å². The minimum absolute atomic E-state index is 0.210. The normalized spacial score (nSPS) is 13.7. The number of imidazole rings is 1. The van der Waals surface area contributed by atoms with Crippen LogP contribution in [0.4, 0.5) is 0 Å². The second-order valence-electron chi connectivity index (χ2n) is 16.2. The number of hydrogen-bond acceptors (Lipinski definition) is 3. The molecule has 0 unspecified atom stereocenters. The SMILES string of the molecule is CC1(C)c2ccccc2Sc2ccc3c(c21)c1ccc([Si](c2ccccc2)(c2ccccc2)c2ccc4c5ccccc5n5ccnc5c4c2)cc1n3-c1ccccn1. The lowest BCUT2D eigenvalue weighted by atomic mass is 9.76. The first-order valence-corrected chi connectivity index (χ1v) is 23.0. The molecule has 1 aliphatic heterocycles. The Morgan fingerprint density at radius 2 is 1.19 bits per heavy atom. The number of para-hydroxylation sites is 1. The van der Waals surface area contributed by atoms with Gasteiger partial charge in [-0.1, -0.05) is 159 Å². The molecule has 0 fully saturated rings. The fourth-order valence-corrected chi connectivity index (χ4v) is 16.4. The highest BCUT2D eigenvalue weighted by Gasteiger charge is 2.43. The van der Waals surface area contributed by atoms with Crippen LogP contribution in [-0.4, -0.2) is 27.0 Å². The van der Waals surface area contributed by atoms with Crippen LogP contribution in [0.1, 0.15) is 25.0 Å². The second kappa shape index (κ2) is 12.9. The van der Waals surface area contributed by atoms with Crippen LogP contribution in [0.15, 0.2) is 204 Å². The van der Waals surface area contributed by atoms with Crippen molar-refractivity contribution in [2.75, 3.05) is 0 Å². The topological polar surface area (TPSA) is 35.1 Å². The Morgan fingerprint density at radius 1 is 0.492 bits per heavy atom. The molecule has 0 bridgehead atoms. The van der Waals surface area contributed by atoms with Crippen molar-refractivity contribution in [2.45, 2.75) is 29.1 Å². The summed E-state index contributed by atoms with van der Waals surface area (Å²) in [6, 6.07) is 65.6. The summed E-state index contributed by atoms with van der Waals surface area (Å²) in [5, 5.41) is 11.4. The number of rotatable bonds is 5. The predicted molar refractivity (Wildman–Crippen MR) is 249 cm³/mol. The van der Waals surface area contributed by atoms with Crippen molar-refractivity contribution in [3.05, 3.63) is 206 Å². The monoisotopic (exact) mass is 790 g/mol. The van der Waals surface area contributed by atoms with Gasteiger partial charge in [0, 0.05) is 55.3 Å². The molecule has 5 heterocycles. The molecule has 0 N–H and O–H groups in total. The molecule has 0 amide bonds. The quantitative estimate of drug-likeness (QED) is 0.0990. The summed E-state index contributed by atoms with van der Waals surface area (Å²) in [7, 11) is -3.02. The van der Waals surface area contributed by atoms with E-state index in [1.54, 1.807) is 0 Å². The fraction of sp³-hybridized carbons (Fsp3) is 0.0566. The summed E-state index contributed by atoms with van der Waals surface area (Å²) in [5.41, 5.74) is 7.02. The summed E-state index contributed by atoms with van der Waals surface area (Å²) >= 11 is 1.89. The van der Waals surface area contributed by atoms with Crippen molar-refractivity contribution in [3.63, 3.8) is 0 Å². The Balaban J connectivity index is 1.22. The summed E-state index contributed by atoms with van der Waals surface area (Å²) < 4.78 is 4.65. The van der Waals surface area contributed by atoms with E-state index < -0.39 is 8.07 Å². The van der Waals surface area contributed by atoms with Gasteiger partial charge in [-0.05, 0) is 79.7 Å². The van der Waals surface area contributed by atoms with Crippen molar-refractivity contribution in [1.29, 1.82) is 0 Å². The van der Waals surface area contributed by atoms with Crippen molar-refractivity contribution in [1.82, 2.24) is 18.9 Å². The Labute approximate surface area is 347 Å². The van der Waals surface area contributed by atoms with Gasteiger partial charge in [0.1, 0.15) is 11.5 Å². The highest BCUT2D eigenvalue weighted by atomic mass is 32.2. The van der Waals surface area contributed by atoms with Crippen LogP contribution in [0.25, 0.3) is 54.9 Å². The van der Waals surface area contributed by atoms with E-state index in [0.717, 1.165) is 27.9 Å². The number of benzene rings is 7. The van der Waals surface area contributed by atoms with E-state index >= 15 is 0 Å². The van der Waals surface area contributed by atoms with E-state index in [4.69, 9.17) is 9.97 Å². The van der Waals surface area contributed by atoms with E-state index in [2.05, 4.69) is 199 Å². The van der Waals surface area contributed by atoms with Gasteiger partial charge in [0.05, 0.1) is 16.6 Å². The van der Waals surface area contributed by atoms with Gasteiger partial charge in [0.2, 0.25) is 0 Å². The van der Waals surface area contributed by atoms with E-state index in [1.807, 2.05) is 30.2 Å². The zero-order valence-corrected chi connectivity index (χ0v) is 34.5. The molecule has 280 valence electrons. The van der Waals surface area contributed by atoms with E-state index in [0.29, 0.717) is 0 Å². The van der Waals surface area contributed by atoms with E-state index in [9.17, 15) is 0 Å². The minimum Gasteiger partial charge on any atom is -0.299 e. The maximum atomic E-state index is 5.01. The molecule has 0 saturated heterocycles. The van der Waals surface area contributed by atoms with Crippen molar-refractivity contribution in [3.8, 4) is 5.82 Å². The maximum absolute atomic E-state index is 5.01. The van der Waals surface area contributed by atoms with Gasteiger partial charge in [0.15, 0.2) is 8.07 Å². The van der Waals surface area contributed by atoms with Crippen LogP contribution in [0.3, 0.4) is 0 Å². The van der Waals surface area contributed by atoms with Gasteiger partial charge < -0.3 is 0 Å². The van der Waals surface area contributed by atoms with Gasteiger partial charge >= 0.3 is 0 Å². The van der Waals surface area contributed by atoms with Crippen LogP contribution in [0, 0.1) is 0 Å². The molecule has 7 aromatic carbocycles. The van der Waals surface area contributed by atoms with Crippen molar-refractivity contribution < 1.29 is 0 Å². The number of pyridine rings is 2. The molecule has 12 rings (SSSR count). The lowest BCUT2D eigenvalue weighted by Gasteiger charge is -2.35. The number of hydrogen-bond donors (Lipinski definition) is 0. The highest BCUT2D eigenvalue weighted by molar-refractivity contribution is 7.99. The van der Waals surface area contributed by atoms with Gasteiger partial charge in [-0.2, -0.15) is 0 Å². The molecule has 11 aromatic rings. The number of aromatic nitrogens is 4. The highest BCUT2D eigenvalue weighted by Crippen LogP contribution is 2.53. The molecular formula is C53H38N4SSi. The fourth-order valence-electron chi connectivity index (χ4n) is 10.3. The molecule has 1 aliphatic rings. The summed E-state index contributed by atoms with van der Waals surface area (Å²) in [6.45, 7) is 4.79. The van der Waals surface area contributed by atoms with Crippen molar-refractivity contribution >= 4 is 89.7 Å². The second-order valence-corrected chi connectivity index (χ2v) is 21.1. The van der Waals surface area contributed by atoms with Gasteiger partial charge in [-0.15, -0.1) is 0 Å². The van der Waals surface area contributed by atoms with E-state index in [-0.39, 0.29) is 5.41 Å². The largest absolute Gasteiger partial charge is 0.299 e. The third-order valence-corrected chi connectivity index (χ3v) is 18.7. The van der Waals surface area contributed by atoms with Crippen LogP contribution in [0.5, 0.6) is 0 Å². The molecule has 0 atom stereocenters. The zero-order valence-electron chi connectivity index (χ0n) is 32.7. The Kier molecular flexibility index (Phi) is 7.50. The Morgan fingerprint density at radius 3 is 1.97 bits per heavy atom. The Hall–Kier alpha value is -6.73. The van der Waals surface area contributed by atoms with Crippen LogP contribution >= 0.6 is 11.8 Å². The summed E-state index contributed by atoms with van der Waals surface area (Å²) in [4.78, 5) is 12.6. The van der Waals surface area contributed by atoms with Crippen LogP contribution < -0.4 is 20.7 Å². The van der Waals surface area contributed by atoms with Gasteiger partial charge in [-0.3, -0.25) is 8.97 Å². The standard InChI is InChI=1S/C53H38N4SSi/c1-53(2)43-20-10-12-22-47(43)58-48-29-28-45-50(51(48)53)41-27-25-38(34-46(41)57(45)49-23-13-14-30-54-49)59(35-15-5-3-6-16-35,36-17-7-4-8-18-36)37-24-26-39-40-19-9-11-21-44(40)56-32-31-55-52(56)42(39)33-37/h3-34H,1-2H3. The minimum atomic E-state index is -3.02. The summed E-state index contributed by atoms with van der Waals surface area (Å²) in [5.74, 6) is 0.914. The molecule has 4 nitrogen and oxygen atoms in total. The average Bonchev–Trinajstić information content (AvgIpc) is 3.92. The molecule has 4 aromatic heterocycles. The average molecular weight is 791 g/mol. The molecule has 0 aliphatic carbocycles.